The molecule has 1 aromatic heterocycles. The number of H-pyrrole nitrogens is 1. The first kappa shape index (κ1) is 18.2. The minimum absolute atomic E-state index is 0.0808. The van der Waals surface area contributed by atoms with Crippen molar-refractivity contribution in [2.75, 3.05) is 0 Å². The zero-order valence-electron chi connectivity index (χ0n) is 11.9. The molecule has 0 amide bonds. The summed E-state index contributed by atoms with van der Waals surface area (Å²) in [5.41, 5.74) is -6.33. The van der Waals surface area contributed by atoms with Crippen LogP contribution in [0, 0.1) is 10.1 Å². The van der Waals surface area contributed by atoms with Crippen LogP contribution < -0.4 is 0 Å². The van der Waals surface area contributed by atoms with Crippen LogP contribution >= 0.6 is 11.8 Å². The second-order valence-corrected chi connectivity index (χ2v) is 7.31. The third-order valence-corrected chi connectivity index (χ3v) is 5.20. The summed E-state index contributed by atoms with van der Waals surface area (Å²) in [5.74, 6) is 0.524. The molecule has 2 aromatic rings. The van der Waals surface area contributed by atoms with Crippen LogP contribution in [-0.2, 0) is 16.3 Å². The molecule has 0 saturated heterocycles. The second-order valence-electron chi connectivity index (χ2n) is 4.36. The molecule has 0 atom stereocenters. The number of nitro groups is 1. The molecular weight excluding hydrogens is 373 g/mol. The van der Waals surface area contributed by atoms with Gasteiger partial charge in [-0.05, 0) is 23.9 Å². The standard InChI is InChI=1S/C11H9F3N4O4S2/c1-2-9-15-10(17-16-9)23-8-4-3-6(5-7(8)18(19)20)24(21,22)11(12,13)14/h3-5H,2H2,1H3,(H,15,16,17). The molecule has 130 valence electrons. The molecule has 0 unspecified atom stereocenters. The number of rotatable bonds is 5. The highest BCUT2D eigenvalue weighted by atomic mass is 32.2. The number of sulfone groups is 1. The number of aromatic nitrogens is 3. The quantitative estimate of drug-likeness (QED) is 0.624. The Morgan fingerprint density at radius 3 is 2.54 bits per heavy atom. The number of nitrogens with one attached hydrogen (secondary N) is 1. The van der Waals surface area contributed by atoms with Crippen LogP contribution in [0.25, 0.3) is 0 Å². The summed E-state index contributed by atoms with van der Waals surface area (Å²) in [6, 6.07) is 1.95. The average Bonchev–Trinajstić information content (AvgIpc) is 2.93. The van der Waals surface area contributed by atoms with E-state index in [1.807, 2.05) is 0 Å². The van der Waals surface area contributed by atoms with E-state index in [1.165, 1.54) is 0 Å². The number of hydrogen-bond acceptors (Lipinski definition) is 7. The highest BCUT2D eigenvalue weighted by Gasteiger charge is 2.47. The van der Waals surface area contributed by atoms with E-state index in [0.29, 0.717) is 24.4 Å². The molecule has 1 N–H and O–H groups in total. The molecule has 0 saturated carbocycles. The monoisotopic (exact) mass is 382 g/mol. The minimum Gasteiger partial charge on any atom is -0.262 e. The normalized spacial score (nSPS) is 12.3. The van der Waals surface area contributed by atoms with Gasteiger partial charge in [-0.15, -0.1) is 5.10 Å². The molecule has 1 aromatic carbocycles. The molecule has 0 radical (unpaired) electrons. The van der Waals surface area contributed by atoms with Crippen LogP contribution in [0.4, 0.5) is 18.9 Å². The van der Waals surface area contributed by atoms with E-state index in [9.17, 15) is 31.7 Å². The summed E-state index contributed by atoms with van der Waals surface area (Å²) in [7, 11) is -5.67. The first-order valence-corrected chi connectivity index (χ1v) is 8.55. The van der Waals surface area contributed by atoms with Gasteiger partial charge in [0.15, 0.2) is 0 Å². The zero-order chi connectivity index (χ0) is 18.1. The molecule has 1 heterocycles. The van der Waals surface area contributed by atoms with Gasteiger partial charge in [0.1, 0.15) is 5.82 Å². The molecule has 8 nitrogen and oxygen atoms in total. The van der Waals surface area contributed by atoms with Gasteiger partial charge in [0.05, 0.1) is 14.7 Å². The van der Waals surface area contributed by atoms with E-state index in [1.54, 1.807) is 6.92 Å². The molecule has 0 aliphatic carbocycles. The van der Waals surface area contributed by atoms with Crippen LogP contribution in [0.2, 0.25) is 0 Å². The third kappa shape index (κ3) is 3.51. The van der Waals surface area contributed by atoms with Crippen molar-refractivity contribution < 1.29 is 26.5 Å². The van der Waals surface area contributed by atoms with Crippen molar-refractivity contribution in [3.8, 4) is 0 Å². The van der Waals surface area contributed by atoms with Gasteiger partial charge in [0.25, 0.3) is 15.5 Å². The topological polar surface area (TPSA) is 119 Å². The third-order valence-electron chi connectivity index (χ3n) is 2.79. The van der Waals surface area contributed by atoms with Gasteiger partial charge in [0, 0.05) is 12.5 Å². The maximum atomic E-state index is 12.6. The lowest BCUT2D eigenvalue weighted by atomic mass is 10.3. The summed E-state index contributed by atoms with van der Waals surface area (Å²) in [4.78, 5) is 12.8. The smallest absolute Gasteiger partial charge is 0.262 e. The fourth-order valence-corrected chi connectivity index (χ4v) is 3.21. The van der Waals surface area contributed by atoms with Crippen molar-refractivity contribution in [2.24, 2.45) is 0 Å². The first-order valence-electron chi connectivity index (χ1n) is 6.25. The average molecular weight is 382 g/mol. The predicted molar refractivity (Wildman–Crippen MR) is 76.2 cm³/mol. The van der Waals surface area contributed by atoms with Crippen LogP contribution in [0.1, 0.15) is 12.7 Å². The Balaban J connectivity index is 2.46. The largest absolute Gasteiger partial charge is 0.501 e. The van der Waals surface area contributed by atoms with E-state index in [2.05, 4.69) is 15.2 Å². The number of aromatic amines is 1. The Kier molecular flexibility index (Phi) is 4.85. The summed E-state index contributed by atoms with van der Waals surface area (Å²) >= 11 is 0.734. The van der Waals surface area contributed by atoms with Crippen molar-refractivity contribution in [3.05, 3.63) is 34.1 Å². The highest BCUT2D eigenvalue weighted by Crippen LogP contribution is 2.37. The Morgan fingerprint density at radius 1 is 1.38 bits per heavy atom. The molecule has 0 aliphatic heterocycles. The number of alkyl halides is 3. The predicted octanol–water partition coefficient (Wildman–Crippen LogP) is 2.72. The van der Waals surface area contributed by atoms with Gasteiger partial charge in [-0.25, -0.2) is 13.4 Å². The van der Waals surface area contributed by atoms with Crippen LogP contribution in [0.15, 0.2) is 33.1 Å². The van der Waals surface area contributed by atoms with E-state index in [4.69, 9.17) is 0 Å². The lowest BCUT2D eigenvalue weighted by Crippen LogP contribution is -2.23. The van der Waals surface area contributed by atoms with E-state index in [0.717, 1.165) is 17.8 Å². The highest BCUT2D eigenvalue weighted by molar-refractivity contribution is 7.99. The van der Waals surface area contributed by atoms with Crippen molar-refractivity contribution in [1.29, 1.82) is 0 Å². The van der Waals surface area contributed by atoms with Crippen LogP contribution in [0.3, 0.4) is 0 Å². The van der Waals surface area contributed by atoms with Crippen molar-refractivity contribution in [1.82, 2.24) is 15.2 Å². The van der Waals surface area contributed by atoms with Crippen LogP contribution in [-0.4, -0.2) is 34.0 Å². The van der Waals surface area contributed by atoms with Crippen molar-refractivity contribution >= 4 is 27.3 Å². The first-order chi connectivity index (χ1) is 11.1. The Bertz CT molecular complexity index is 880. The second kappa shape index (κ2) is 6.39. The number of benzene rings is 1. The summed E-state index contributed by atoms with van der Waals surface area (Å²) in [6.07, 6.45) is 0.540. The SMILES string of the molecule is CCc1nc(Sc2ccc(S(=O)(=O)C(F)(F)F)cc2[N+](=O)[O-])n[nH]1. The van der Waals surface area contributed by atoms with E-state index >= 15 is 0 Å². The Morgan fingerprint density at radius 2 is 2.04 bits per heavy atom. The maximum Gasteiger partial charge on any atom is 0.501 e. The minimum atomic E-state index is -5.67. The van der Waals surface area contributed by atoms with E-state index in [-0.39, 0.29) is 10.1 Å². The molecule has 2 rings (SSSR count). The summed E-state index contributed by atoms with van der Waals surface area (Å²) < 4.78 is 60.4. The molecule has 24 heavy (non-hydrogen) atoms. The fourth-order valence-electron chi connectivity index (χ4n) is 1.61. The van der Waals surface area contributed by atoms with Gasteiger partial charge >= 0.3 is 5.51 Å². The Hall–Kier alpha value is -2.15. The molecular formula is C11H9F3N4O4S2. The number of aryl methyl sites for hydroxylation is 1. The maximum absolute atomic E-state index is 12.6. The van der Waals surface area contributed by atoms with Gasteiger partial charge in [-0.1, -0.05) is 6.92 Å². The van der Waals surface area contributed by atoms with E-state index < -0.39 is 30.9 Å². The molecule has 0 aliphatic rings. The fraction of sp³-hybridized carbons (Fsp3) is 0.273. The van der Waals surface area contributed by atoms with Gasteiger partial charge in [-0.2, -0.15) is 13.2 Å². The number of halogens is 3. The zero-order valence-corrected chi connectivity index (χ0v) is 13.5. The number of nitro benzene ring substituents is 1. The van der Waals surface area contributed by atoms with Crippen molar-refractivity contribution in [2.45, 2.75) is 33.8 Å². The summed E-state index contributed by atoms with van der Waals surface area (Å²) in [5, 5.41) is 17.6. The molecule has 0 bridgehead atoms. The number of hydrogen-bond donors (Lipinski definition) is 1. The lowest BCUT2D eigenvalue weighted by molar-refractivity contribution is -0.388. The van der Waals surface area contributed by atoms with Gasteiger partial charge in [0.2, 0.25) is 5.16 Å². The molecule has 0 fully saturated rings. The summed E-state index contributed by atoms with van der Waals surface area (Å²) in [6.45, 7) is 1.80. The van der Waals surface area contributed by atoms with Gasteiger partial charge < -0.3 is 0 Å². The Labute approximate surface area is 137 Å². The van der Waals surface area contributed by atoms with Crippen molar-refractivity contribution in [3.63, 3.8) is 0 Å². The number of nitrogens with zero attached hydrogens (tertiary/aromatic N) is 3. The molecule has 0 spiro atoms. The lowest BCUT2D eigenvalue weighted by Gasteiger charge is -2.08. The van der Waals surface area contributed by atoms with Gasteiger partial charge in [-0.3, -0.25) is 15.2 Å². The molecule has 13 heteroatoms. The van der Waals surface area contributed by atoms with Crippen LogP contribution in [0.5, 0.6) is 0 Å².